The van der Waals surface area contributed by atoms with Crippen LogP contribution in [0.1, 0.15) is 64.2 Å². The van der Waals surface area contributed by atoms with E-state index in [1.165, 1.54) is 44.9 Å². The Morgan fingerprint density at radius 2 is 1.56 bits per heavy atom. The number of aliphatic carboxylic acids is 1. The maximum atomic E-state index is 10.5. The normalized spacial score (nSPS) is 17.7. The van der Waals surface area contributed by atoms with Crippen molar-refractivity contribution in [1.29, 1.82) is 0 Å². The van der Waals surface area contributed by atoms with Gasteiger partial charge < -0.3 is 9.84 Å². The number of carboxylic acid groups (broad SMARTS) is 1. The van der Waals surface area contributed by atoms with Crippen LogP contribution in [0.15, 0.2) is 12.2 Å². The van der Waals surface area contributed by atoms with E-state index in [2.05, 4.69) is 6.58 Å². The quantitative estimate of drug-likeness (QED) is 0.326. The summed E-state index contributed by atoms with van der Waals surface area (Å²) < 4.78 is 5.17. The summed E-state index contributed by atoms with van der Waals surface area (Å²) in [4.78, 5) is 10.5. The van der Waals surface area contributed by atoms with E-state index in [9.17, 15) is 4.79 Å². The largest absolute Gasteiger partial charge is 0.478 e. The summed E-state index contributed by atoms with van der Waals surface area (Å²) in [5.74, 6) is -0.852. The molecule has 104 valence electrons. The van der Waals surface area contributed by atoms with Crippen molar-refractivity contribution >= 4 is 5.97 Å². The third kappa shape index (κ3) is 8.29. The molecule has 1 N–H and O–H groups in total. The van der Waals surface area contributed by atoms with Crippen molar-refractivity contribution in [1.82, 2.24) is 0 Å². The van der Waals surface area contributed by atoms with Crippen molar-refractivity contribution in [3.05, 3.63) is 12.2 Å². The van der Waals surface area contributed by atoms with Crippen LogP contribution < -0.4 is 0 Å². The molecule has 1 atom stereocenters. The Hall–Kier alpha value is -0.830. The van der Waals surface area contributed by atoms with E-state index in [-0.39, 0.29) is 0 Å². The summed E-state index contributed by atoms with van der Waals surface area (Å²) in [6.45, 7) is 4.52. The Morgan fingerprint density at radius 3 is 2.06 bits per heavy atom. The second-order valence-corrected chi connectivity index (χ2v) is 5.23. The van der Waals surface area contributed by atoms with E-state index in [0.717, 1.165) is 19.4 Å². The van der Waals surface area contributed by atoms with Crippen LogP contribution in [0.4, 0.5) is 0 Å². The summed E-state index contributed by atoms with van der Waals surface area (Å²) in [6, 6.07) is 0. The average molecular weight is 254 g/mol. The van der Waals surface area contributed by atoms with Gasteiger partial charge in [-0.3, -0.25) is 0 Å². The average Bonchev–Trinajstić information content (AvgIpc) is 3.15. The van der Waals surface area contributed by atoms with E-state index in [0.29, 0.717) is 18.1 Å². The van der Waals surface area contributed by atoms with Gasteiger partial charge in [0, 0.05) is 5.57 Å². The minimum Gasteiger partial charge on any atom is -0.478 e. The van der Waals surface area contributed by atoms with E-state index in [1.54, 1.807) is 0 Å². The zero-order valence-corrected chi connectivity index (χ0v) is 11.3. The molecule has 0 radical (unpaired) electrons. The Kier molecular flexibility index (Phi) is 7.74. The molecule has 0 saturated carbocycles. The minimum atomic E-state index is -0.852. The highest BCUT2D eigenvalue weighted by Gasteiger charge is 2.20. The molecule has 0 aliphatic carbocycles. The second-order valence-electron chi connectivity index (χ2n) is 5.23. The fourth-order valence-electron chi connectivity index (χ4n) is 2.11. The number of epoxide rings is 1. The van der Waals surface area contributed by atoms with Crippen LogP contribution in [-0.2, 0) is 9.53 Å². The van der Waals surface area contributed by atoms with Crippen molar-refractivity contribution in [2.45, 2.75) is 70.3 Å². The number of ether oxygens (including phenoxy) is 1. The summed E-state index contributed by atoms with van der Waals surface area (Å²) >= 11 is 0. The fraction of sp³-hybridized carbons (Fsp3) is 0.800. The first-order valence-electron chi connectivity index (χ1n) is 7.23. The monoisotopic (exact) mass is 254 g/mol. The van der Waals surface area contributed by atoms with Crippen molar-refractivity contribution in [3.8, 4) is 0 Å². The van der Waals surface area contributed by atoms with Gasteiger partial charge in [0.1, 0.15) is 0 Å². The van der Waals surface area contributed by atoms with Crippen LogP contribution in [0.2, 0.25) is 0 Å². The van der Waals surface area contributed by atoms with E-state index in [4.69, 9.17) is 9.84 Å². The lowest BCUT2D eigenvalue weighted by molar-refractivity contribution is -0.132. The molecular formula is C15H26O3. The Labute approximate surface area is 110 Å². The van der Waals surface area contributed by atoms with Gasteiger partial charge >= 0.3 is 5.97 Å². The third-order valence-electron chi connectivity index (χ3n) is 3.46. The van der Waals surface area contributed by atoms with Gasteiger partial charge in [-0.1, -0.05) is 51.5 Å². The van der Waals surface area contributed by atoms with E-state index < -0.39 is 5.97 Å². The number of rotatable bonds is 12. The Morgan fingerprint density at radius 1 is 1.06 bits per heavy atom. The van der Waals surface area contributed by atoms with E-state index in [1.807, 2.05) is 0 Å². The molecule has 1 fully saturated rings. The van der Waals surface area contributed by atoms with Crippen molar-refractivity contribution in [3.63, 3.8) is 0 Å². The van der Waals surface area contributed by atoms with Gasteiger partial charge in [-0.05, 0) is 19.3 Å². The highest BCUT2D eigenvalue weighted by Crippen LogP contribution is 2.18. The topological polar surface area (TPSA) is 49.8 Å². The SMILES string of the molecule is C=C(CCCCCCCCCCC1CO1)C(=O)O. The highest BCUT2D eigenvalue weighted by atomic mass is 16.6. The molecule has 1 aliphatic heterocycles. The van der Waals surface area contributed by atoms with Gasteiger partial charge in [-0.15, -0.1) is 0 Å². The lowest BCUT2D eigenvalue weighted by Gasteiger charge is -2.02. The molecule has 1 heterocycles. The summed E-state index contributed by atoms with van der Waals surface area (Å²) in [5.41, 5.74) is 0.345. The molecule has 1 saturated heterocycles. The zero-order valence-electron chi connectivity index (χ0n) is 11.3. The molecule has 0 aromatic rings. The van der Waals surface area contributed by atoms with Crippen LogP contribution in [0.5, 0.6) is 0 Å². The van der Waals surface area contributed by atoms with Crippen LogP contribution in [0.25, 0.3) is 0 Å². The fourth-order valence-corrected chi connectivity index (χ4v) is 2.11. The van der Waals surface area contributed by atoms with Crippen LogP contribution in [0.3, 0.4) is 0 Å². The first kappa shape index (κ1) is 15.2. The molecule has 3 nitrogen and oxygen atoms in total. The molecule has 0 amide bonds. The Bertz CT molecular complexity index is 256. The molecule has 0 aromatic carbocycles. The van der Waals surface area contributed by atoms with Crippen LogP contribution >= 0.6 is 0 Å². The minimum absolute atomic E-state index is 0.345. The standard InChI is InChI=1S/C15H26O3/c1-13(15(16)17)10-8-6-4-2-3-5-7-9-11-14-12-18-14/h14H,1-12H2,(H,16,17). The molecule has 1 unspecified atom stereocenters. The van der Waals surface area contributed by atoms with Crippen molar-refractivity contribution < 1.29 is 14.6 Å². The summed E-state index contributed by atoms with van der Waals surface area (Å²) in [6.07, 6.45) is 12.3. The second kappa shape index (κ2) is 9.15. The molecular weight excluding hydrogens is 228 g/mol. The zero-order chi connectivity index (χ0) is 13.2. The summed E-state index contributed by atoms with van der Waals surface area (Å²) in [5, 5.41) is 8.64. The lowest BCUT2D eigenvalue weighted by Crippen LogP contribution is -1.98. The number of hydrogen-bond acceptors (Lipinski definition) is 2. The van der Waals surface area contributed by atoms with Gasteiger partial charge in [-0.25, -0.2) is 4.79 Å². The number of carboxylic acids is 1. The van der Waals surface area contributed by atoms with Gasteiger partial charge in [-0.2, -0.15) is 0 Å². The van der Waals surface area contributed by atoms with Crippen LogP contribution in [0, 0.1) is 0 Å². The van der Waals surface area contributed by atoms with Crippen molar-refractivity contribution in [2.75, 3.05) is 6.61 Å². The van der Waals surface area contributed by atoms with Gasteiger partial charge in [0.2, 0.25) is 0 Å². The molecule has 0 aromatic heterocycles. The van der Waals surface area contributed by atoms with Crippen LogP contribution in [-0.4, -0.2) is 23.8 Å². The molecule has 0 spiro atoms. The molecule has 3 heteroatoms. The molecule has 1 aliphatic rings. The number of hydrogen-bond donors (Lipinski definition) is 1. The first-order valence-corrected chi connectivity index (χ1v) is 7.23. The maximum absolute atomic E-state index is 10.5. The number of unbranched alkanes of at least 4 members (excludes halogenated alkanes) is 7. The predicted molar refractivity (Wildman–Crippen MR) is 72.7 cm³/mol. The Balaban J connectivity index is 1.72. The lowest BCUT2D eigenvalue weighted by atomic mass is 10.0. The first-order chi connectivity index (χ1) is 8.70. The van der Waals surface area contributed by atoms with Gasteiger partial charge in [0.15, 0.2) is 0 Å². The molecule has 18 heavy (non-hydrogen) atoms. The molecule has 1 rings (SSSR count). The van der Waals surface area contributed by atoms with Crippen molar-refractivity contribution in [2.24, 2.45) is 0 Å². The number of carbonyl (C=O) groups is 1. The van der Waals surface area contributed by atoms with E-state index >= 15 is 0 Å². The van der Waals surface area contributed by atoms with Gasteiger partial charge in [0.25, 0.3) is 0 Å². The van der Waals surface area contributed by atoms with Gasteiger partial charge in [0.05, 0.1) is 12.7 Å². The maximum Gasteiger partial charge on any atom is 0.330 e. The molecule has 0 bridgehead atoms. The third-order valence-corrected chi connectivity index (χ3v) is 3.46. The predicted octanol–water partition coefficient (Wildman–Crippen LogP) is 3.93. The smallest absolute Gasteiger partial charge is 0.330 e. The highest BCUT2D eigenvalue weighted by molar-refractivity contribution is 5.85. The summed E-state index contributed by atoms with van der Waals surface area (Å²) in [7, 11) is 0.